The predicted octanol–water partition coefficient (Wildman–Crippen LogP) is 3.48. The van der Waals surface area contributed by atoms with Gasteiger partial charge in [0.25, 0.3) is 0 Å². The van der Waals surface area contributed by atoms with Crippen molar-refractivity contribution in [2.45, 2.75) is 65.7 Å². The van der Waals surface area contributed by atoms with Crippen molar-refractivity contribution in [3.8, 4) is 0 Å². The third kappa shape index (κ3) is 10.5. The predicted molar refractivity (Wildman–Crippen MR) is 74.7 cm³/mol. The summed E-state index contributed by atoms with van der Waals surface area (Å²) >= 11 is 0. The monoisotopic (exact) mass is 272 g/mol. The molecule has 0 rings (SSSR count). The molecule has 0 fully saturated rings. The van der Waals surface area contributed by atoms with Gasteiger partial charge in [-0.3, -0.25) is 9.59 Å². The molecule has 0 spiro atoms. The lowest BCUT2D eigenvalue weighted by Gasteiger charge is -2.15. The first-order valence-corrected chi connectivity index (χ1v) is 7.45. The molecule has 0 aromatic heterocycles. The molecule has 0 aliphatic rings. The Morgan fingerprint density at radius 2 is 1.42 bits per heavy atom. The first-order chi connectivity index (χ1) is 9.13. The Kier molecular flexibility index (Phi) is 11.3. The van der Waals surface area contributed by atoms with Gasteiger partial charge in [-0.05, 0) is 32.1 Å². The van der Waals surface area contributed by atoms with E-state index in [1.54, 1.807) is 6.92 Å². The Labute approximate surface area is 116 Å². The smallest absolute Gasteiger partial charge is 0.305 e. The molecule has 0 aromatic carbocycles. The SMILES string of the molecule is CCCC(CCC)COC(=O)CCCC(=O)OCC. The van der Waals surface area contributed by atoms with Crippen LogP contribution in [0.4, 0.5) is 0 Å². The molecule has 0 saturated carbocycles. The van der Waals surface area contributed by atoms with Gasteiger partial charge in [0.2, 0.25) is 0 Å². The van der Waals surface area contributed by atoms with Crippen molar-refractivity contribution in [2.24, 2.45) is 5.92 Å². The van der Waals surface area contributed by atoms with Crippen LogP contribution in [0.3, 0.4) is 0 Å². The van der Waals surface area contributed by atoms with Gasteiger partial charge < -0.3 is 9.47 Å². The van der Waals surface area contributed by atoms with Crippen molar-refractivity contribution in [3.63, 3.8) is 0 Å². The summed E-state index contributed by atoms with van der Waals surface area (Å²) in [6.45, 7) is 6.96. The Morgan fingerprint density at radius 1 is 0.895 bits per heavy atom. The van der Waals surface area contributed by atoms with E-state index in [4.69, 9.17) is 9.47 Å². The Bertz CT molecular complexity index is 245. The molecular formula is C15H28O4. The van der Waals surface area contributed by atoms with Gasteiger partial charge in [-0.1, -0.05) is 26.7 Å². The standard InChI is InChI=1S/C15H28O4/c1-4-8-13(9-5-2)12-19-15(17)11-7-10-14(16)18-6-3/h13H,4-12H2,1-3H3. The fourth-order valence-electron chi connectivity index (χ4n) is 2.02. The van der Waals surface area contributed by atoms with E-state index in [1.807, 2.05) is 0 Å². The molecule has 0 aromatic rings. The third-order valence-corrected chi connectivity index (χ3v) is 2.94. The van der Waals surface area contributed by atoms with Crippen LogP contribution < -0.4 is 0 Å². The second kappa shape index (κ2) is 12.0. The van der Waals surface area contributed by atoms with Crippen molar-refractivity contribution in [1.29, 1.82) is 0 Å². The van der Waals surface area contributed by atoms with Gasteiger partial charge in [0.05, 0.1) is 13.2 Å². The maximum atomic E-state index is 11.5. The van der Waals surface area contributed by atoms with Crippen LogP contribution in [0.25, 0.3) is 0 Å². The highest BCUT2D eigenvalue weighted by Gasteiger charge is 2.11. The zero-order chi connectivity index (χ0) is 14.5. The van der Waals surface area contributed by atoms with Gasteiger partial charge in [0, 0.05) is 12.8 Å². The van der Waals surface area contributed by atoms with Crippen LogP contribution in [-0.2, 0) is 19.1 Å². The summed E-state index contributed by atoms with van der Waals surface area (Å²) in [6.07, 6.45) is 5.52. The number of esters is 2. The molecular weight excluding hydrogens is 244 g/mol. The molecule has 19 heavy (non-hydrogen) atoms. The van der Waals surface area contributed by atoms with Gasteiger partial charge in [0.15, 0.2) is 0 Å². The minimum absolute atomic E-state index is 0.207. The number of carbonyl (C=O) groups excluding carboxylic acids is 2. The van der Waals surface area contributed by atoms with Crippen LogP contribution in [0.15, 0.2) is 0 Å². The maximum absolute atomic E-state index is 11.5. The lowest BCUT2D eigenvalue weighted by molar-refractivity contribution is -0.146. The molecule has 0 bridgehead atoms. The summed E-state index contributed by atoms with van der Waals surface area (Å²) in [6, 6.07) is 0. The number of carbonyl (C=O) groups is 2. The van der Waals surface area contributed by atoms with Crippen molar-refractivity contribution in [1.82, 2.24) is 0 Å². The normalized spacial score (nSPS) is 10.5. The lowest BCUT2D eigenvalue weighted by atomic mass is 9.99. The molecule has 4 heteroatoms. The maximum Gasteiger partial charge on any atom is 0.305 e. The van der Waals surface area contributed by atoms with Crippen LogP contribution in [0.5, 0.6) is 0 Å². The molecule has 0 unspecified atom stereocenters. The van der Waals surface area contributed by atoms with Gasteiger partial charge in [-0.2, -0.15) is 0 Å². The van der Waals surface area contributed by atoms with Crippen LogP contribution >= 0.6 is 0 Å². The molecule has 0 heterocycles. The third-order valence-electron chi connectivity index (χ3n) is 2.94. The summed E-state index contributed by atoms with van der Waals surface area (Å²) in [5.41, 5.74) is 0. The molecule has 0 amide bonds. The van der Waals surface area contributed by atoms with Crippen LogP contribution in [0.2, 0.25) is 0 Å². The lowest BCUT2D eigenvalue weighted by Crippen LogP contribution is -2.14. The Hall–Kier alpha value is -1.06. The topological polar surface area (TPSA) is 52.6 Å². The minimum atomic E-state index is -0.245. The van der Waals surface area contributed by atoms with E-state index in [0.29, 0.717) is 32.0 Å². The fraction of sp³-hybridized carbons (Fsp3) is 0.867. The number of rotatable bonds is 11. The summed E-state index contributed by atoms with van der Waals surface area (Å²) in [4.78, 5) is 22.6. The van der Waals surface area contributed by atoms with E-state index in [9.17, 15) is 9.59 Å². The highest BCUT2D eigenvalue weighted by molar-refractivity contribution is 5.72. The second-order valence-corrected chi connectivity index (χ2v) is 4.78. The van der Waals surface area contributed by atoms with Crippen LogP contribution in [-0.4, -0.2) is 25.2 Å². The first kappa shape index (κ1) is 17.9. The second-order valence-electron chi connectivity index (χ2n) is 4.78. The molecule has 0 atom stereocenters. The summed E-state index contributed by atoms with van der Waals surface area (Å²) < 4.78 is 10.1. The highest BCUT2D eigenvalue weighted by atomic mass is 16.5. The molecule has 112 valence electrons. The molecule has 0 aliphatic carbocycles. The summed E-state index contributed by atoms with van der Waals surface area (Å²) in [5.74, 6) is 0.0238. The summed E-state index contributed by atoms with van der Waals surface area (Å²) in [5, 5.41) is 0. The van der Waals surface area contributed by atoms with Crippen molar-refractivity contribution in [2.75, 3.05) is 13.2 Å². The van der Waals surface area contributed by atoms with E-state index < -0.39 is 0 Å². The van der Waals surface area contributed by atoms with Gasteiger partial charge >= 0.3 is 11.9 Å². The van der Waals surface area contributed by atoms with E-state index in [0.717, 1.165) is 25.7 Å². The number of hydrogen-bond acceptors (Lipinski definition) is 4. The highest BCUT2D eigenvalue weighted by Crippen LogP contribution is 2.14. The van der Waals surface area contributed by atoms with Crippen LogP contribution in [0, 0.1) is 5.92 Å². The fourth-order valence-corrected chi connectivity index (χ4v) is 2.02. The number of ether oxygens (including phenoxy) is 2. The van der Waals surface area contributed by atoms with E-state index in [2.05, 4.69) is 13.8 Å². The Morgan fingerprint density at radius 3 is 1.89 bits per heavy atom. The van der Waals surface area contributed by atoms with Crippen LogP contribution in [0.1, 0.15) is 65.7 Å². The zero-order valence-electron chi connectivity index (χ0n) is 12.6. The van der Waals surface area contributed by atoms with Crippen molar-refractivity contribution in [3.05, 3.63) is 0 Å². The Balaban J connectivity index is 3.69. The van der Waals surface area contributed by atoms with Crippen molar-refractivity contribution < 1.29 is 19.1 Å². The summed E-state index contributed by atoms with van der Waals surface area (Å²) in [7, 11) is 0. The largest absolute Gasteiger partial charge is 0.466 e. The first-order valence-electron chi connectivity index (χ1n) is 7.45. The van der Waals surface area contributed by atoms with Crippen molar-refractivity contribution >= 4 is 11.9 Å². The van der Waals surface area contributed by atoms with Gasteiger partial charge in [-0.15, -0.1) is 0 Å². The average molecular weight is 272 g/mol. The quantitative estimate of drug-likeness (QED) is 0.540. The molecule has 0 aliphatic heterocycles. The van der Waals surface area contributed by atoms with Gasteiger partial charge in [0.1, 0.15) is 0 Å². The molecule has 4 nitrogen and oxygen atoms in total. The molecule has 0 radical (unpaired) electrons. The molecule has 0 N–H and O–H groups in total. The van der Waals surface area contributed by atoms with E-state index in [1.165, 1.54) is 0 Å². The zero-order valence-corrected chi connectivity index (χ0v) is 12.6. The minimum Gasteiger partial charge on any atom is -0.466 e. The van der Waals surface area contributed by atoms with E-state index in [-0.39, 0.29) is 18.4 Å². The van der Waals surface area contributed by atoms with E-state index >= 15 is 0 Å². The number of hydrogen-bond donors (Lipinski definition) is 0. The van der Waals surface area contributed by atoms with Gasteiger partial charge in [-0.25, -0.2) is 0 Å². The molecule has 0 saturated heterocycles. The average Bonchev–Trinajstić information content (AvgIpc) is 2.37.